The summed E-state index contributed by atoms with van der Waals surface area (Å²) in [6.45, 7) is 5.52. The van der Waals surface area contributed by atoms with E-state index in [4.69, 9.17) is 9.26 Å². The molecule has 2 amide bonds. The van der Waals surface area contributed by atoms with Crippen molar-refractivity contribution in [1.82, 2.24) is 15.0 Å². The number of likely N-dealkylation sites (tertiary alicyclic amines) is 2. The Hall–Kier alpha value is -1.89. The predicted octanol–water partition coefficient (Wildman–Crippen LogP) is 1.79. The fourth-order valence-corrected chi connectivity index (χ4v) is 4.22. The summed E-state index contributed by atoms with van der Waals surface area (Å²) in [5.74, 6) is 0.933. The molecule has 0 N–H and O–H groups in total. The first-order valence-corrected chi connectivity index (χ1v) is 9.48. The van der Waals surface area contributed by atoms with E-state index in [1.165, 1.54) is 0 Å². The van der Waals surface area contributed by atoms with Gasteiger partial charge in [-0.05, 0) is 32.6 Å². The summed E-state index contributed by atoms with van der Waals surface area (Å²) in [4.78, 5) is 28.9. The Labute approximate surface area is 154 Å². The largest absolute Gasteiger partial charge is 0.385 e. The van der Waals surface area contributed by atoms with E-state index >= 15 is 0 Å². The zero-order valence-electron chi connectivity index (χ0n) is 15.8. The monoisotopic (exact) mass is 363 g/mol. The van der Waals surface area contributed by atoms with Crippen LogP contribution in [0.4, 0.5) is 0 Å². The van der Waals surface area contributed by atoms with Crippen molar-refractivity contribution >= 4 is 11.8 Å². The molecule has 1 aromatic heterocycles. The lowest BCUT2D eigenvalue weighted by Gasteiger charge is -2.48. The lowest BCUT2D eigenvalue weighted by atomic mass is 9.73. The first-order valence-electron chi connectivity index (χ1n) is 9.48. The highest BCUT2D eigenvalue weighted by Crippen LogP contribution is 2.39. The number of aryl methyl sites for hydroxylation is 1. The molecule has 144 valence electrons. The lowest BCUT2D eigenvalue weighted by molar-refractivity contribution is -0.143. The summed E-state index contributed by atoms with van der Waals surface area (Å²) >= 11 is 0. The Morgan fingerprint density at radius 1 is 1.38 bits per heavy atom. The molecule has 2 aliphatic rings. The van der Waals surface area contributed by atoms with Crippen LogP contribution in [0.1, 0.15) is 43.6 Å². The lowest BCUT2D eigenvalue weighted by Crippen LogP contribution is -2.55. The standard InChI is InChI=1S/C19H29N3O4/c1-15-11-16(26-20-15)12-18(24)22-8-3-6-19(14-22)7-5-17(23)21(13-19)9-4-10-25-2/h11H,3-10,12-14H2,1-2H3/t19-/m1/s1. The second kappa shape index (κ2) is 8.20. The van der Waals surface area contributed by atoms with Crippen LogP contribution in [0.2, 0.25) is 0 Å². The maximum atomic E-state index is 12.7. The first kappa shape index (κ1) is 18.9. The van der Waals surface area contributed by atoms with E-state index in [1.54, 1.807) is 7.11 Å². The summed E-state index contributed by atoms with van der Waals surface area (Å²) in [7, 11) is 1.68. The number of nitrogens with zero attached hydrogens (tertiary/aromatic N) is 3. The third-order valence-electron chi connectivity index (χ3n) is 5.54. The summed E-state index contributed by atoms with van der Waals surface area (Å²) in [5, 5.41) is 3.85. The fourth-order valence-electron chi connectivity index (χ4n) is 4.22. The van der Waals surface area contributed by atoms with E-state index in [-0.39, 0.29) is 23.7 Å². The minimum absolute atomic E-state index is 0.0340. The molecule has 2 fully saturated rings. The van der Waals surface area contributed by atoms with Crippen LogP contribution >= 0.6 is 0 Å². The third kappa shape index (κ3) is 4.44. The maximum absolute atomic E-state index is 12.7. The Kier molecular flexibility index (Phi) is 5.96. The molecule has 1 aromatic rings. The van der Waals surface area contributed by atoms with E-state index in [0.29, 0.717) is 18.8 Å². The van der Waals surface area contributed by atoms with Gasteiger partial charge in [-0.3, -0.25) is 9.59 Å². The van der Waals surface area contributed by atoms with Gasteiger partial charge in [0, 0.05) is 57.8 Å². The molecule has 7 nitrogen and oxygen atoms in total. The van der Waals surface area contributed by atoms with Crippen LogP contribution in [0.3, 0.4) is 0 Å². The molecule has 2 aliphatic heterocycles. The van der Waals surface area contributed by atoms with Crippen molar-refractivity contribution in [3.8, 4) is 0 Å². The summed E-state index contributed by atoms with van der Waals surface area (Å²) in [6, 6.07) is 1.81. The van der Waals surface area contributed by atoms with Crippen molar-refractivity contribution in [3.63, 3.8) is 0 Å². The van der Waals surface area contributed by atoms with Gasteiger partial charge in [-0.25, -0.2) is 0 Å². The molecule has 0 bridgehead atoms. The van der Waals surface area contributed by atoms with E-state index in [2.05, 4.69) is 5.16 Å². The molecule has 1 atom stereocenters. The van der Waals surface area contributed by atoms with Crippen LogP contribution < -0.4 is 0 Å². The van der Waals surface area contributed by atoms with Crippen molar-refractivity contribution in [3.05, 3.63) is 17.5 Å². The zero-order chi connectivity index (χ0) is 18.6. The molecule has 26 heavy (non-hydrogen) atoms. The molecule has 3 rings (SSSR count). The van der Waals surface area contributed by atoms with Crippen molar-refractivity contribution in [2.24, 2.45) is 5.41 Å². The predicted molar refractivity (Wildman–Crippen MR) is 95.5 cm³/mol. The summed E-state index contributed by atoms with van der Waals surface area (Å²) in [6.07, 6.45) is 4.63. The van der Waals surface area contributed by atoms with Crippen molar-refractivity contribution in [1.29, 1.82) is 0 Å². The molecule has 0 radical (unpaired) electrons. The normalized spacial score (nSPS) is 23.7. The van der Waals surface area contributed by atoms with Crippen LogP contribution in [0, 0.1) is 12.3 Å². The number of rotatable bonds is 6. The number of hydrogen-bond donors (Lipinski definition) is 0. The molecule has 2 saturated heterocycles. The van der Waals surface area contributed by atoms with Crippen molar-refractivity contribution < 1.29 is 18.8 Å². The molecule has 0 aromatic carbocycles. The maximum Gasteiger partial charge on any atom is 0.230 e. The quantitative estimate of drug-likeness (QED) is 0.720. The number of ether oxygens (including phenoxy) is 1. The van der Waals surface area contributed by atoms with Gasteiger partial charge in [0.05, 0.1) is 12.1 Å². The second-order valence-corrected chi connectivity index (χ2v) is 7.69. The fraction of sp³-hybridized carbons (Fsp3) is 0.737. The average Bonchev–Trinajstić information content (AvgIpc) is 3.03. The van der Waals surface area contributed by atoms with Gasteiger partial charge < -0.3 is 19.1 Å². The zero-order valence-corrected chi connectivity index (χ0v) is 15.8. The van der Waals surface area contributed by atoms with Crippen LogP contribution in [-0.2, 0) is 20.7 Å². The van der Waals surface area contributed by atoms with Gasteiger partial charge in [0.15, 0.2) is 0 Å². The number of piperidine rings is 2. The average molecular weight is 363 g/mol. The minimum atomic E-state index is 0.0340. The van der Waals surface area contributed by atoms with E-state index in [1.807, 2.05) is 22.8 Å². The number of hydrogen-bond acceptors (Lipinski definition) is 5. The van der Waals surface area contributed by atoms with Gasteiger partial charge >= 0.3 is 0 Å². The van der Waals surface area contributed by atoms with Gasteiger partial charge in [-0.1, -0.05) is 5.16 Å². The van der Waals surface area contributed by atoms with Crippen molar-refractivity contribution in [2.75, 3.05) is 39.9 Å². The van der Waals surface area contributed by atoms with Gasteiger partial charge in [0.25, 0.3) is 0 Å². The summed E-state index contributed by atoms with van der Waals surface area (Å²) in [5.41, 5.74) is 0.826. The summed E-state index contributed by atoms with van der Waals surface area (Å²) < 4.78 is 10.3. The number of methoxy groups -OCH3 is 1. The van der Waals surface area contributed by atoms with Gasteiger partial charge in [0.1, 0.15) is 5.76 Å². The van der Waals surface area contributed by atoms with Gasteiger partial charge in [0.2, 0.25) is 11.8 Å². The van der Waals surface area contributed by atoms with E-state index in [0.717, 1.165) is 57.6 Å². The Bertz CT molecular complexity index is 644. The minimum Gasteiger partial charge on any atom is -0.385 e. The molecular weight excluding hydrogens is 334 g/mol. The highest BCUT2D eigenvalue weighted by molar-refractivity contribution is 5.79. The van der Waals surface area contributed by atoms with E-state index in [9.17, 15) is 9.59 Å². The molecule has 0 aliphatic carbocycles. The number of amides is 2. The number of carbonyl (C=O) groups excluding carboxylic acids is 2. The second-order valence-electron chi connectivity index (χ2n) is 7.69. The molecule has 3 heterocycles. The van der Waals surface area contributed by atoms with Crippen LogP contribution in [0.25, 0.3) is 0 Å². The third-order valence-corrected chi connectivity index (χ3v) is 5.54. The van der Waals surface area contributed by atoms with E-state index < -0.39 is 0 Å². The molecule has 7 heteroatoms. The van der Waals surface area contributed by atoms with Gasteiger partial charge in [-0.2, -0.15) is 0 Å². The topological polar surface area (TPSA) is 75.9 Å². The Morgan fingerprint density at radius 3 is 2.96 bits per heavy atom. The molecule has 1 spiro atoms. The van der Waals surface area contributed by atoms with Crippen LogP contribution in [0.15, 0.2) is 10.6 Å². The number of carbonyl (C=O) groups is 2. The van der Waals surface area contributed by atoms with Crippen LogP contribution in [-0.4, -0.2) is 66.7 Å². The molecule has 0 unspecified atom stereocenters. The number of aromatic nitrogens is 1. The molecular formula is C19H29N3O4. The highest BCUT2D eigenvalue weighted by atomic mass is 16.5. The highest BCUT2D eigenvalue weighted by Gasteiger charge is 2.42. The SMILES string of the molecule is COCCCN1C[C@@]2(CCCN(C(=O)Cc3cc(C)no3)C2)CCC1=O. The first-order chi connectivity index (χ1) is 12.5. The smallest absolute Gasteiger partial charge is 0.230 e. The molecule has 0 saturated carbocycles. The van der Waals surface area contributed by atoms with Crippen LogP contribution in [0.5, 0.6) is 0 Å². The van der Waals surface area contributed by atoms with Crippen molar-refractivity contribution in [2.45, 2.75) is 45.4 Å². The van der Waals surface area contributed by atoms with Gasteiger partial charge in [-0.15, -0.1) is 0 Å². The Balaban J connectivity index is 1.60. The Morgan fingerprint density at radius 2 is 2.23 bits per heavy atom.